The fraction of sp³-hybridized carbons (Fsp3) is 0.133. The zero-order valence-corrected chi connectivity index (χ0v) is 12.2. The number of benzene rings is 1. The summed E-state index contributed by atoms with van der Waals surface area (Å²) in [6, 6.07) is 6.04. The molecular formula is C15H14N8. The topological polar surface area (TPSA) is 118 Å². The number of fused-ring (bicyclic) bond motifs is 1. The van der Waals surface area contributed by atoms with Crippen molar-refractivity contribution >= 4 is 34.5 Å². The Morgan fingerprint density at radius 1 is 1.26 bits per heavy atom. The number of aromatic nitrogens is 5. The van der Waals surface area contributed by atoms with Crippen LogP contribution in [0.5, 0.6) is 0 Å². The first-order valence-electron chi connectivity index (χ1n) is 7.14. The Hall–Kier alpha value is -3.29. The monoisotopic (exact) mass is 306 g/mol. The van der Waals surface area contributed by atoms with Gasteiger partial charge in [-0.3, -0.25) is 10.1 Å². The quantitative estimate of drug-likeness (QED) is 0.670. The lowest BCUT2D eigenvalue weighted by Crippen LogP contribution is -2.06. The number of aromatic amines is 1. The van der Waals surface area contributed by atoms with E-state index < -0.39 is 0 Å². The molecule has 8 heteroatoms. The predicted molar refractivity (Wildman–Crippen MR) is 89.0 cm³/mol. The summed E-state index contributed by atoms with van der Waals surface area (Å²) < 4.78 is 0. The summed E-state index contributed by atoms with van der Waals surface area (Å²) in [4.78, 5) is 16.9. The molecule has 8 nitrogen and oxygen atoms in total. The zero-order valence-electron chi connectivity index (χ0n) is 12.2. The molecule has 0 spiro atoms. The van der Waals surface area contributed by atoms with Crippen LogP contribution in [0.2, 0.25) is 0 Å². The number of anilines is 2. The van der Waals surface area contributed by atoms with E-state index in [4.69, 9.17) is 5.73 Å². The van der Waals surface area contributed by atoms with E-state index in [0.717, 1.165) is 22.3 Å². The lowest BCUT2D eigenvalue weighted by molar-refractivity contribution is 0.948. The molecule has 0 amide bonds. The SMILES string of the molecule is Nc1nc(NCc2ncn[nH]2)c2ccc(C3=CC=NC3)cc2n1. The maximum Gasteiger partial charge on any atom is 0.222 e. The minimum atomic E-state index is 0.228. The number of nitrogens with two attached hydrogens (primary N) is 1. The average molecular weight is 306 g/mol. The number of H-pyrrole nitrogens is 1. The summed E-state index contributed by atoms with van der Waals surface area (Å²) in [5.74, 6) is 1.62. The van der Waals surface area contributed by atoms with Gasteiger partial charge in [-0.1, -0.05) is 6.07 Å². The van der Waals surface area contributed by atoms with Crippen molar-refractivity contribution in [3.05, 3.63) is 42.0 Å². The van der Waals surface area contributed by atoms with Crippen molar-refractivity contribution in [2.75, 3.05) is 17.6 Å². The maximum absolute atomic E-state index is 5.84. The summed E-state index contributed by atoms with van der Waals surface area (Å²) in [5.41, 5.74) is 8.89. The number of nitrogens with zero attached hydrogens (tertiary/aromatic N) is 5. The second-order valence-electron chi connectivity index (χ2n) is 5.13. The van der Waals surface area contributed by atoms with Gasteiger partial charge in [-0.2, -0.15) is 10.1 Å². The van der Waals surface area contributed by atoms with Crippen molar-refractivity contribution in [1.82, 2.24) is 25.1 Å². The molecular weight excluding hydrogens is 292 g/mol. The van der Waals surface area contributed by atoms with Crippen molar-refractivity contribution in [2.45, 2.75) is 6.54 Å². The normalized spacial score (nSPS) is 13.5. The van der Waals surface area contributed by atoms with Crippen molar-refractivity contribution in [1.29, 1.82) is 0 Å². The third kappa shape index (κ3) is 2.61. The first-order chi connectivity index (χ1) is 11.3. The summed E-state index contributed by atoms with van der Waals surface area (Å²) >= 11 is 0. The number of nitrogens with one attached hydrogen (secondary N) is 2. The van der Waals surface area contributed by atoms with Crippen LogP contribution in [0.25, 0.3) is 16.5 Å². The number of hydrogen-bond acceptors (Lipinski definition) is 7. The van der Waals surface area contributed by atoms with Gasteiger partial charge in [0.2, 0.25) is 5.95 Å². The standard InChI is InChI=1S/C15H14N8/c16-15-21-12-5-9(10-3-4-17-6-10)1-2-11(12)14(22-15)18-7-13-19-8-20-23-13/h1-5,8H,6-7H2,(H,19,20,23)(H3,16,18,21,22). The fourth-order valence-corrected chi connectivity index (χ4v) is 2.50. The summed E-state index contributed by atoms with van der Waals surface area (Å²) in [6.45, 7) is 1.18. The molecule has 4 N–H and O–H groups in total. The van der Waals surface area contributed by atoms with E-state index >= 15 is 0 Å². The fourth-order valence-electron chi connectivity index (χ4n) is 2.50. The molecule has 0 radical (unpaired) electrons. The Morgan fingerprint density at radius 2 is 2.22 bits per heavy atom. The van der Waals surface area contributed by atoms with Gasteiger partial charge in [-0.05, 0) is 29.3 Å². The number of hydrogen-bond donors (Lipinski definition) is 3. The molecule has 3 aromatic rings. The van der Waals surface area contributed by atoms with Crippen LogP contribution in [-0.2, 0) is 6.54 Å². The number of aliphatic imine (C=N–C) groups is 1. The van der Waals surface area contributed by atoms with Gasteiger partial charge in [0.25, 0.3) is 0 Å². The van der Waals surface area contributed by atoms with Crippen LogP contribution in [0.3, 0.4) is 0 Å². The largest absolute Gasteiger partial charge is 0.368 e. The lowest BCUT2D eigenvalue weighted by atomic mass is 10.0. The summed E-state index contributed by atoms with van der Waals surface area (Å²) in [5, 5.41) is 10.7. The molecule has 0 unspecified atom stereocenters. The Kier molecular flexibility index (Phi) is 3.19. The van der Waals surface area contributed by atoms with E-state index in [1.807, 2.05) is 30.5 Å². The van der Waals surface area contributed by atoms with E-state index in [1.165, 1.54) is 11.9 Å². The second-order valence-corrected chi connectivity index (χ2v) is 5.13. The highest BCUT2D eigenvalue weighted by molar-refractivity contribution is 5.95. The molecule has 1 aliphatic heterocycles. The van der Waals surface area contributed by atoms with Crippen LogP contribution in [-0.4, -0.2) is 37.9 Å². The molecule has 0 bridgehead atoms. The van der Waals surface area contributed by atoms with Crippen LogP contribution in [0.15, 0.2) is 35.6 Å². The van der Waals surface area contributed by atoms with Crippen LogP contribution >= 0.6 is 0 Å². The van der Waals surface area contributed by atoms with Crippen LogP contribution in [0.1, 0.15) is 11.4 Å². The Morgan fingerprint density at radius 3 is 3.00 bits per heavy atom. The van der Waals surface area contributed by atoms with E-state index in [1.54, 1.807) is 0 Å². The van der Waals surface area contributed by atoms with Crippen molar-refractivity contribution in [3.63, 3.8) is 0 Å². The Balaban J connectivity index is 1.70. The minimum Gasteiger partial charge on any atom is -0.368 e. The summed E-state index contributed by atoms with van der Waals surface area (Å²) in [6.07, 6.45) is 5.29. The summed E-state index contributed by atoms with van der Waals surface area (Å²) in [7, 11) is 0. The molecule has 4 rings (SSSR count). The van der Waals surface area contributed by atoms with Gasteiger partial charge in [0.15, 0.2) is 0 Å². The van der Waals surface area contributed by atoms with Crippen molar-refractivity contribution in [2.24, 2.45) is 4.99 Å². The molecule has 0 aliphatic carbocycles. The van der Waals surface area contributed by atoms with Gasteiger partial charge >= 0.3 is 0 Å². The van der Waals surface area contributed by atoms with Crippen LogP contribution in [0.4, 0.5) is 11.8 Å². The van der Waals surface area contributed by atoms with Gasteiger partial charge in [-0.25, -0.2) is 9.97 Å². The first kappa shape index (κ1) is 13.4. The van der Waals surface area contributed by atoms with Gasteiger partial charge in [0, 0.05) is 11.6 Å². The lowest BCUT2D eigenvalue weighted by Gasteiger charge is -2.10. The van der Waals surface area contributed by atoms with Crippen molar-refractivity contribution in [3.8, 4) is 0 Å². The zero-order chi connectivity index (χ0) is 15.6. The molecule has 1 aliphatic rings. The van der Waals surface area contributed by atoms with Gasteiger partial charge < -0.3 is 11.1 Å². The molecule has 0 fully saturated rings. The smallest absolute Gasteiger partial charge is 0.222 e. The molecule has 1 aromatic carbocycles. The second kappa shape index (κ2) is 5.48. The van der Waals surface area contributed by atoms with E-state index in [2.05, 4.69) is 35.5 Å². The minimum absolute atomic E-state index is 0.228. The molecule has 23 heavy (non-hydrogen) atoms. The molecule has 3 heterocycles. The predicted octanol–water partition coefficient (Wildman–Crippen LogP) is 1.41. The average Bonchev–Trinajstić information content (AvgIpc) is 3.25. The number of nitrogen functional groups attached to an aromatic ring is 1. The van der Waals surface area contributed by atoms with E-state index in [0.29, 0.717) is 18.9 Å². The Bertz CT molecular complexity index is 911. The first-order valence-corrected chi connectivity index (χ1v) is 7.14. The molecule has 114 valence electrons. The maximum atomic E-state index is 5.84. The highest BCUT2D eigenvalue weighted by Crippen LogP contribution is 2.26. The molecule has 0 atom stereocenters. The molecule has 0 saturated carbocycles. The molecule has 2 aromatic heterocycles. The van der Waals surface area contributed by atoms with Gasteiger partial charge in [0.05, 0.1) is 18.6 Å². The third-order valence-electron chi connectivity index (χ3n) is 3.62. The highest BCUT2D eigenvalue weighted by Gasteiger charge is 2.10. The van der Waals surface area contributed by atoms with E-state index in [9.17, 15) is 0 Å². The third-order valence-corrected chi connectivity index (χ3v) is 3.62. The Labute approximate surface area is 131 Å². The highest BCUT2D eigenvalue weighted by atomic mass is 15.2. The number of rotatable bonds is 4. The van der Waals surface area contributed by atoms with Gasteiger partial charge in [0.1, 0.15) is 18.0 Å². The van der Waals surface area contributed by atoms with Crippen LogP contribution < -0.4 is 11.1 Å². The van der Waals surface area contributed by atoms with E-state index in [-0.39, 0.29) is 5.95 Å². The van der Waals surface area contributed by atoms with Crippen molar-refractivity contribution < 1.29 is 0 Å². The van der Waals surface area contributed by atoms with Gasteiger partial charge in [-0.15, -0.1) is 0 Å². The molecule has 0 saturated heterocycles. The van der Waals surface area contributed by atoms with Crippen LogP contribution in [0, 0.1) is 0 Å². The number of allylic oxidation sites excluding steroid dienone is 1.